The highest BCUT2D eigenvalue weighted by Crippen LogP contribution is 2.38. The summed E-state index contributed by atoms with van der Waals surface area (Å²) >= 11 is 13.2. The Bertz CT molecular complexity index is 366. The third-order valence-corrected chi connectivity index (χ3v) is 6.80. The minimum absolute atomic E-state index is 0.305. The second-order valence-electron chi connectivity index (χ2n) is 4.18. The average molecular weight is 356 g/mol. The first-order valence-electron chi connectivity index (χ1n) is 5.61. The van der Waals surface area contributed by atoms with Gasteiger partial charge in [-0.1, -0.05) is 11.6 Å². The molecule has 1 aromatic heterocycles. The smallest absolute Gasteiger partial charge is 0.107 e. The standard InChI is InChI=1S/C11H16BrClN2S2/c1-7-6-16-3-2-15(7)9(5-14)10-4-8(12)11(13)17-10/h4,7,9H,2-3,5-6,14H2,1H3. The molecule has 2 unspecified atom stereocenters. The Balaban J connectivity index is 2.20. The molecule has 0 radical (unpaired) electrons. The molecule has 0 saturated carbocycles. The lowest BCUT2D eigenvalue weighted by Gasteiger charge is -2.38. The van der Waals surface area contributed by atoms with E-state index in [9.17, 15) is 0 Å². The van der Waals surface area contributed by atoms with Crippen LogP contribution in [0.15, 0.2) is 10.5 Å². The minimum atomic E-state index is 0.305. The molecule has 2 atom stereocenters. The summed E-state index contributed by atoms with van der Waals surface area (Å²) in [5.74, 6) is 2.39. The third kappa shape index (κ3) is 3.19. The summed E-state index contributed by atoms with van der Waals surface area (Å²) < 4.78 is 1.80. The van der Waals surface area contributed by atoms with Gasteiger partial charge in [0.15, 0.2) is 0 Å². The number of hydrogen-bond donors (Lipinski definition) is 1. The van der Waals surface area contributed by atoms with Gasteiger partial charge in [-0.3, -0.25) is 4.90 Å². The highest BCUT2D eigenvalue weighted by molar-refractivity contribution is 9.10. The van der Waals surface area contributed by atoms with E-state index in [0.717, 1.165) is 15.4 Å². The molecule has 96 valence electrons. The van der Waals surface area contributed by atoms with E-state index in [0.29, 0.717) is 18.6 Å². The van der Waals surface area contributed by atoms with Gasteiger partial charge in [0.05, 0.1) is 6.04 Å². The van der Waals surface area contributed by atoms with Crippen molar-refractivity contribution < 1.29 is 0 Å². The molecule has 2 heterocycles. The minimum Gasteiger partial charge on any atom is -0.329 e. The third-order valence-electron chi connectivity index (χ3n) is 3.04. The van der Waals surface area contributed by atoms with Crippen molar-refractivity contribution in [3.8, 4) is 0 Å². The van der Waals surface area contributed by atoms with Crippen LogP contribution in [0.3, 0.4) is 0 Å². The fraction of sp³-hybridized carbons (Fsp3) is 0.636. The van der Waals surface area contributed by atoms with E-state index in [1.54, 1.807) is 11.3 Å². The number of nitrogens with two attached hydrogens (primary N) is 1. The Kier molecular flexibility index (Phi) is 5.21. The largest absolute Gasteiger partial charge is 0.329 e. The Hall–Kier alpha value is 0.740. The average Bonchev–Trinajstić information content (AvgIpc) is 2.63. The molecule has 0 spiro atoms. The molecular weight excluding hydrogens is 340 g/mol. The summed E-state index contributed by atoms with van der Waals surface area (Å²) in [6, 6.07) is 3.00. The van der Waals surface area contributed by atoms with E-state index in [-0.39, 0.29) is 0 Å². The molecule has 1 aromatic rings. The van der Waals surface area contributed by atoms with Crippen molar-refractivity contribution in [1.82, 2.24) is 4.90 Å². The SMILES string of the molecule is CC1CSCCN1C(CN)c1cc(Br)c(Cl)s1. The summed E-state index contributed by atoms with van der Waals surface area (Å²) in [5, 5.41) is 0. The molecular formula is C11H16BrClN2S2. The van der Waals surface area contributed by atoms with E-state index in [1.165, 1.54) is 16.4 Å². The molecule has 0 bridgehead atoms. The van der Waals surface area contributed by atoms with Gasteiger partial charge in [0.1, 0.15) is 4.34 Å². The van der Waals surface area contributed by atoms with Gasteiger partial charge in [-0.15, -0.1) is 11.3 Å². The Morgan fingerprint density at radius 2 is 2.47 bits per heavy atom. The lowest BCUT2D eigenvalue weighted by molar-refractivity contribution is 0.168. The van der Waals surface area contributed by atoms with Gasteiger partial charge < -0.3 is 5.73 Å². The zero-order valence-corrected chi connectivity index (χ0v) is 13.6. The number of rotatable bonds is 3. The molecule has 0 aromatic carbocycles. The van der Waals surface area contributed by atoms with Crippen LogP contribution in [0, 0.1) is 0 Å². The van der Waals surface area contributed by atoms with Crippen LogP contribution in [0.1, 0.15) is 17.8 Å². The summed E-state index contributed by atoms with van der Waals surface area (Å²) in [5.41, 5.74) is 5.96. The maximum absolute atomic E-state index is 6.11. The lowest BCUT2D eigenvalue weighted by Crippen LogP contribution is -2.44. The highest BCUT2D eigenvalue weighted by Gasteiger charge is 2.28. The Morgan fingerprint density at radius 1 is 1.71 bits per heavy atom. The van der Waals surface area contributed by atoms with Crippen LogP contribution < -0.4 is 5.73 Å². The van der Waals surface area contributed by atoms with Crippen LogP contribution in [-0.4, -0.2) is 35.5 Å². The van der Waals surface area contributed by atoms with Gasteiger partial charge >= 0.3 is 0 Å². The van der Waals surface area contributed by atoms with Gasteiger partial charge in [0, 0.05) is 40.0 Å². The number of nitrogens with zero attached hydrogens (tertiary/aromatic N) is 1. The van der Waals surface area contributed by atoms with Crippen LogP contribution in [0.5, 0.6) is 0 Å². The van der Waals surface area contributed by atoms with Crippen molar-refractivity contribution in [3.63, 3.8) is 0 Å². The van der Waals surface area contributed by atoms with Crippen molar-refractivity contribution in [3.05, 3.63) is 19.8 Å². The van der Waals surface area contributed by atoms with Crippen molar-refractivity contribution in [1.29, 1.82) is 0 Å². The van der Waals surface area contributed by atoms with Gasteiger partial charge in [0.25, 0.3) is 0 Å². The topological polar surface area (TPSA) is 29.3 Å². The second kappa shape index (κ2) is 6.26. The van der Waals surface area contributed by atoms with Crippen molar-refractivity contribution >= 4 is 50.6 Å². The summed E-state index contributed by atoms with van der Waals surface area (Å²) in [6.45, 7) is 4.04. The predicted molar refractivity (Wildman–Crippen MR) is 82.3 cm³/mol. The monoisotopic (exact) mass is 354 g/mol. The normalized spacial score (nSPS) is 23.9. The molecule has 6 heteroatoms. The second-order valence-corrected chi connectivity index (χ2v) is 7.87. The molecule has 1 aliphatic heterocycles. The maximum atomic E-state index is 6.11. The highest BCUT2D eigenvalue weighted by atomic mass is 79.9. The molecule has 17 heavy (non-hydrogen) atoms. The quantitative estimate of drug-likeness (QED) is 0.898. The predicted octanol–water partition coefficient (Wildman–Crippen LogP) is 3.60. The van der Waals surface area contributed by atoms with Crippen LogP contribution in [0.25, 0.3) is 0 Å². The number of halogens is 2. The summed E-state index contributed by atoms with van der Waals surface area (Å²) in [4.78, 5) is 3.77. The summed E-state index contributed by atoms with van der Waals surface area (Å²) in [7, 11) is 0. The van der Waals surface area contributed by atoms with Crippen molar-refractivity contribution in [2.24, 2.45) is 5.73 Å². The van der Waals surface area contributed by atoms with Crippen LogP contribution in [0.2, 0.25) is 4.34 Å². The van der Waals surface area contributed by atoms with E-state index >= 15 is 0 Å². The fourth-order valence-corrected chi connectivity index (χ4v) is 5.06. The molecule has 2 nitrogen and oxygen atoms in total. The lowest BCUT2D eigenvalue weighted by atomic mass is 10.1. The number of thiophene rings is 1. The molecule has 0 aliphatic carbocycles. The first kappa shape index (κ1) is 14.2. The van der Waals surface area contributed by atoms with E-state index in [2.05, 4.69) is 33.8 Å². The number of hydrogen-bond acceptors (Lipinski definition) is 4. The molecule has 2 N–H and O–H groups in total. The van der Waals surface area contributed by atoms with Gasteiger partial charge in [-0.2, -0.15) is 11.8 Å². The molecule has 0 amide bonds. The molecule has 1 aliphatic rings. The van der Waals surface area contributed by atoms with E-state index in [1.807, 2.05) is 11.8 Å². The van der Waals surface area contributed by atoms with Crippen LogP contribution in [0.4, 0.5) is 0 Å². The van der Waals surface area contributed by atoms with Crippen molar-refractivity contribution in [2.45, 2.75) is 19.0 Å². The van der Waals surface area contributed by atoms with Gasteiger partial charge in [-0.05, 0) is 28.9 Å². The zero-order valence-electron chi connectivity index (χ0n) is 9.66. The van der Waals surface area contributed by atoms with Gasteiger partial charge in [0.2, 0.25) is 0 Å². The molecule has 1 fully saturated rings. The number of thioether (sulfide) groups is 1. The van der Waals surface area contributed by atoms with Crippen LogP contribution in [-0.2, 0) is 0 Å². The Labute approximate surface area is 124 Å². The fourth-order valence-electron chi connectivity index (χ4n) is 2.15. The Morgan fingerprint density at radius 3 is 3.00 bits per heavy atom. The molecule has 2 rings (SSSR count). The first-order chi connectivity index (χ1) is 8.13. The van der Waals surface area contributed by atoms with E-state index in [4.69, 9.17) is 17.3 Å². The molecule has 1 saturated heterocycles. The van der Waals surface area contributed by atoms with E-state index < -0.39 is 0 Å². The van der Waals surface area contributed by atoms with Gasteiger partial charge in [-0.25, -0.2) is 0 Å². The van der Waals surface area contributed by atoms with Crippen LogP contribution >= 0.6 is 50.6 Å². The zero-order chi connectivity index (χ0) is 12.4. The van der Waals surface area contributed by atoms with Crippen molar-refractivity contribution in [2.75, 3.05) is 24.6 Å². The maximum Gasteiger partial charge on any atom is 0.107 e. The summed E-state index contributed by atoms with van der Waals surface area (Å²) in [6.07, 6.45) is 0. The first-order valence-corrected chi connectivity index (χ1v) is 8.76.